The minimum atomic E-state index is -4.46. The normalized spacial score (nSPS) is 14.4. The number of esters is 1. The number of quaternary nitrogens is 1. The Balaban J connectivity index is 5.47. The Kier molecular flexibility index (Phi) is 47.2. The van der Waals surface area contributed by atoms with Crippen molar-refractivity contribution in [2.75, 3.05) is 40.9 Å². The van der Waals surface area contributed by atoms with Crippen LogP contribution < -0.4 is 5.32 Å². The topological polar surface area (TPSA) is 111 Å². The van der Waals surface area contributed by atoms with Crippen molar-refractivity contribution in [1.82, 2.24) is 5.32 Å². The molecule has 0 saturated carbocycles. The summed E-state index contributed by atoms with van der Waals surface area (Å²) in [5, 5.41) is 3.02. The van der Waals surface area contributed by atoms with Gasteiger partial charge < -0.3 is 19.4 Å². The van der Waals surface area contributed by atoms with E-state index in [1.165, 1.54) is 103 Å². The van der Waals surface area contributed by atoms with Crippen LogP contribution in [-0.2, 0) is 27.9 Å². The zero-order chi connectivity index (χ0) is 50.8. The van der Waals surface area contributed by atoms with Gasteiger partial charge in [-0.15, -0.1) is 0 Å². The molecule has 1 amide bonds. The van der Waals surface area contributed by atoms with Crippen LogP contribution in [0.25, 0.3) is 0 Å². The molecule has 0 saturated heterocycles. The number of allylic oxidation sites excluding steroid dienone is 11. The van der Waals surface area contributed by atoms with Gasteiger partial charge in [0, 0.05) is 12.8 Å². The maximum atomic E-state index is 13.5. The third-order valence-electron chi connectivity index (χ3n) is 12.2. The molecule has 3 atom stereocenters. The van der Waals surface area contributed by atoms with Crippen LogP contribution in [0.4, 0.5) is 0 Å². The Morgan fingerprint density at radius 3 is 1.49 bits per heavy atom. The Hall–Kier alpha value is -2.55. The predicted octanol–water partition coefficient (Wildman–Crippen LogP) is 16.9. The quantitative estimate of drug-likeness (QED) is 0.0156. The Morgan fingerprint density at radius 2 is 0.971 bits per heavy atom. The first-order chi connectivity index (χ1) is 33.4. The first-order valence-corrected chi connectivity index (χ1v) is 29.8. The van der Waals surface area contributed by atoms with Gasteiger partial charge in [0.15, 0.2) is 0 Å². The highest BCUT2D eigenvalue weighted by molar-refractivity contribution is 7.47. The standard InChI is InChI=1S/C59H107N2O7P/c1-7-10-13-16-19-22-25-28-30-31-33-36-39-42-45-48-51-58(62)60-56(55-67-69(64,65)66-54-53-61(4,5)6)57(50-47-44-41-38-35-32-27-24-21-18-15-12-9-3)68-59(63)52-49-46-43-40-37-34-29-26-23-20-17-14-11-8-2/h11,14,20,23,29-31,33-34,36,47,50,56-57H,7-10,12-13,15-19,21-22,24-28,32,35,37-46,48-49,51-55H2,1-6H3,(H-,60,62,64,65)/p+1/b14-11+,23-20+,31-30+,34-29+,36-33+,50-47+. The summed E-state index contributed by atoms with van der Waals surface area (Å²) < 4.78 is 30.6. The lowest BCUT2D eigenvalue weighted by Crippen LogP contribution is -2.47. The van der Waals surface area contributed by atoms with Gasteiger partial charge in [-0.1, -0.05) is 210 Å². The van der Waals surface area contributed by atoms with E-state index in [0.717, 1.165) is 89.9 Å². The maximum Gasteiger partial charge on any atom is 0.472 e. The lowest BCUT2D eigenvalue weighted by Gasteiger charge is -2.27. The van der Waals surface area contributed by atoms with Crippen LogP contribution in [-0.4, -0.2) is 74.3 Å². The summed E-state index contributed by atoms with van der Waals surface area (Å²) in [7, 11) is 1.46. The molecule has 0 fully saturated rings. The molecular formula is C59H108N2O7P+. The first-order valence-electron chi connectivity index (χ1n) is 28.3. The average Bonchev–Trinajstić information content (AvgIpc) is 3.31. The van der Waals surface area contributed by atoms with E-state index < -0.39 is 20.0 Å². The second-order valence-corrected chi connectivity index (χ2v) is 21.6. The van der Waals surface area contributed by atoms with E-state index >= 15 is 0 Å². The minimum Gasteiger partial charge on any atom is -0.456 e. The summed E-state index contributed by atoms with van der Waals surface area (Å²) in [6.07, 6.45) is 61.8. The van der Waals surface area contributed by atoms with Crippen LogP contribution in [0.2, 0.25) is 0 Å². The summed E-state index contributed by atoms with van der Waals surface area (Å²) in [6, 6.07) is -0.872. The van der Waals surface area contributed by atoms with Gasteiger partial charge in [0.25, 0.3) is 0 Å². The lowest BCUT2D eigenvalue weighted by molar-refractivity contribution is -0.870. The van der Waals surface area contributed by atoms with E-state index in [-0.39, 0.29) is 31.5 Å². The first kappa shape index (κ1) is 66.5. The van der Waals surface area contributed by atoms with Gasteiger partial charge in [0.2, 0.25) is 5.91 Å². The minimum absolute atomic E-state index is 0.0289. The van der Waals surface area contributed by atoms with E-state index in [9.17, 15) is 19.0 Å². The highest BCUT2D eigenvalue weighted by Crippen LogP contribution is 2.43. The third-order valence-corrected chi connectivity index (χ3v) is 13.1. The zero-order valence-electron chi connectivity index (χ0n) is 45.5. The van der Waals surface area contributed by atoms with E-state index in [1.807, 2.05) is 33.3 Å². The molecule has 0 radical (unpaired) electrons. The molecule has 0 aliphatic heterocycles. The fourth-order valence-electron chi connectivity index (χ4n) is 7.77. The number of nitrogens with zero attached hydrogens (tertiary/aromatic N) is 1. The number of carbonyl (C=O) groups is 2. The molecule has 0 rings (SSSR count). The van der Waals surface area contributed by atoms with Gasteiger partial charge in [-0.3, -0.25) is 18.6 Å². The van der Waals surface area contributed by atoms with Gasteiger partial charge in [0.1, 0.15) is 19.3 Å². The van der Waals surface area contributed by atoms with Gasteiger partial charge in [-0.25, -0.2) is 4.57 Å². The molecular weight excluding hydrogens is 880 g/mol. The lowest BCUT2D eigenvalue weighted by atomic mass is 10.0. The van der Waals surface area contributed by atoms with Crippen molar-refractivity contribution in [3.63, 3.8) is 0 Å². The fraction of sp³-hybridized carbons (Fsp3) is 0.763. The number of likely N-dealkylation sites (N-methyl/N-ethyl adjacent to an activating group) is 1. The number of hydrogen-bond donors (Lipinski definition) is 2. The molecule has 69 heavy (non-hydrogen) atoms. The highest BCUT2D eigenvalue weighted by Gasteiger charge is 2.30. The summed E-state index contributed by atoms with van der Waals surface area (Å²) in [6.45, 7) is 6.85. The fourth-order valence-corrected chi connectivity index (χ4v) is 8.50. The van der Waals surface area contributed by atoms with Crippen LogP contribution in [0, 0.1) is 0 Å². The molecule has 0 aromatic rings. The van der Waals surface area contributed by atoms with E-state index in [4.69, 9.17) is 13.8 Å². The molecule has 0 aromatic carbocycles. The van der Waals surface area contributed by atoms with Crippen molar-refractivity contribution in [2.24, 2.45) is 0 Å². The van der Waals surface area contributed by atoms with Crippen molar-refractivity contribution >= 4 is 19.7 Å². The summed E-state index contributed by atoms with van der Waals surface area (Å²) in [5.74, 6) is -0.564. The van der Waals surface area contributed by atoms with Crippen molar-refractivity contribution in [2.45, 2.75) is 251 Å². The van der Waals surface area contributed by atoms with Crippen LogP contribution >= 0.6 is 7.82 Å². The smallest absolute Gasteiger partial charge is 0.456 e. The molecule has 0 spiro atoms. The molecule has 0 aliphatic carbocycles. The molecule has 2 N–H and O–H groups in total. The van der Waals surface area contributed by atoms with E-state index in [0.29, 0.717) is 30.3 Å². The average molecular weight is 988 g/mol. The highest BCUT2D eigenvalue weighted by atomic mass is 31.2. The molecule has 400 valence electrons. The number of phosphoric ester groups is 1. The van der Waals surface area contributed by atoms with Crippen LogP contribution in [0.3, 0.4) is 0 Å². The van der Waals surface area contributed by atoms with Crippen molar-refractivity contribution < 1.29 is 37.3 Å². The molecule has 9 nitrogen and oxygen atoms in total. The predicted molar refractivity (Wildman–Crippen MR) is 295 cm³/mol. The number of ether oxygens (including phenoxy) is 1. The maximum absolute atomic E-state index is 13.5. The molecule has 0 heterocycles. The Morgan fingerprint density at radius 1 is 0.536 bits per heavy atom. The van der Waals surface area contributed by atoms with Crippen LogP contribution in [0.1, 0.15) is 239 Å². The Bertz CT molecular complexity index is 1420. The van der Waals surface area contributed by atoms with Crippen molar-refractivity contribution in [3.8, 4) is 0 Å². The second-order valence-electron chi connectivity index (χ2n) is 20.1. The van der Waals surface area contributed by atoms with Crippen LogP contribution in [0.15, 0.2) is 72.9 Å². The van der Waals surface area contributed by atoms with Gasteiger partial charge in [-0.2, -0.15) is 0 Å². The summed E-state index contributed by atoms with van der Waals surface area (Å²) in [5.41, 5.74) is 0. The van der Waals surface area contributed by atoms with Gasteiger partial charge in [0.05, 0.1) is 33.8 Å². The van der Waals surface area contributed by atoms with Crippen molar-refractivity contribution in [1.29, 1.82) is 0 Å². The number of nitrogens with one attached hydrogen (secondary N) is 1. The summed E-state index contributed by atoms with van der Waals surface area (Å²) >= 11 is 0. The molecule has 0 aliphatic rings. The number of hydrogen-bond acceptors (Lipinski definition) is 6. The zero-order valence-corrected chi connectivity index (χ0v) is 46.4. The number of phosphoric acid groups is 1. The number of amides is 1. The molecule has 10 heteroatoms. The third kappa shape index (κ3) is 50.2. The molecule has 0 aromatic heterocycles. The van der Waals surface area contributed by atoms with Crippen LogP contribution in [0.5, 0.6) is 0 Å². The SMILES string of the molecule is CC/C=C/C/C=C/C/C=C/CCCCCCC(=O)OC(/C=C/CCCCCCCCCCCCC)C(COP(=O)(O)OCC[N+](C)(C)C)NC(=O)CCCCC/C=C/C=C/CCCCCCCCC. The largest absolute Gasteiger partial charge is 0.472 e. The van der Waals surface area contributed by atoms with Crippen molar-refractivity contribution in [3.05, 3.63) is 72.9 Å². The number of unbranched alkanes of at least 4 members (excludes halogenated alkanes) is 25. The number of carbonyl (C=O) groups excluding carboxylic acids is 2. The van der Waals surface area contributed by atoms with E-state index in [1.54, 1.807) is 0 Å². The molecule has 3 unspecified atom stereocenters. The van der Waals surface area contributed by atoms with E-state index in [2.05, 4.69) is 86.8 Å². The number of rotatable bonds is 50. The Labute approximate surface area is 425 Å². The molecule has 0 bridgehead atoms. The summed E-state index contributed by atoms with van der Waals surface area (Å²) in [4.78, 5) is 37.5. The van der Waals surface area contributed by atoms with Gasteiger partial charge >= 0.3 is 13.8 Å². The van der Waals surface area contributed by atoms with Gasteiger partial charge in [-0.05, 0) is 89.5 Å². The second kappa shape index (κ2) is 49.0. The monoisotopic (exact) mass is 988 g/mol.